The molecule has 1 amide bonds. The Morgan fingerprint density at radius 3 is 2.84 bits per heavy atom. The van der Waals surface area contributed by atoms with Crippen LogP contribution in [0.2, 0.25) is 0 Å². The van der Waals surface area contributed by atoms with E-state index in [9.17, 15) is 9.18 Å². The lowest BCUT2D eigenvalue weighted by molar-refractivity contribution is 0.0929. The van der Waals surface area contributed by atoms with Crippen molar-refractivity contribution in [3.8, 4) is 5.75 Å². The molecule has 0 saturated carbocycles. The molecule has 3 rings (SSSR count). The molecule has 1 aromatic heterocycles. The molecule has 2 aromatic rings. The fourth-order valence-electron chi connectivity index (χ4n) is 2.88. The van der Waals surface area contributed by atoms with Gasteiger partial charge in [-0.1, -0.05) is 0 Å². The second kappa shape index (κ2) is 8.40. The Labute approximate surface area is 150 Å². The molecule has 1 saturated heterocycles. The van der Waals surface area contributed by atoms with Crippen LogP contribution in [-0.2, 0) is 0 Å². The topological polar surface area (TPSA) is 54.7 Å². The third-order valence-corrected chi connectivity index (χ3v) is 5.17. The molecule has 1 aliphatic heterocycles. The van der Waals surface area contributed by atoms with E-state index in [0.717, 1.165) is 30.4 Å². The molecule has 0 radical (unpaired) electrons. The fourth-order valence-corrected chi connectivity index (χ4v) is 3.81. The van der Waals surface area contributed by atoms with Gasteiger partial charge in [0.25, 0.3) is 5.91 Å². The number of carbonyl (C=O) groups is 1. The summed E-state index contributed by atoms with van der Waals surface area (Å²) >= 11 is 1.93. The highest BCUT2D eigenvalue weighted by Crippen LogP contribution is 2.24. The molecule has 1 atom stereocenters. The molecule has 134 valence electrons. The number of thioether (sulfide) groups is 1. The molecule has 0 spiro atoms. The second-order valence-electron chi connectivity index (χ2n) is 5.74. The molecule has 25 heavy (non-hydrogen) atoms. The highest BCUT2D eigenvalue weighted by atomic mass is 32.2. The molecule has 1 aromatic carbocycles. The normalized spacial score (nSPS) is 16.4. The third-order valence-electron chi connectivity index (χ3n) is 4.23. The zero-order valence-corrected chi connectivity index (χ0v) is 14.9. The average molecular weight is 364 g/mol. The Balaban J connectivity index is 1.68. The van der Waals surface area contributed by atoms with Crippen molar-refractivity contribution in [2.24, 2.45) is 0 Å². The minimum absolute atomic E-state index is 0.0251. The highest BCUT2D eigenvalue weighted by Gasteiger charge is 2.25. The van der Waals surface area contributed by atoms with Crippen LogP contribution in [-0.4, -0.2) is 49.1 Å². The van der Waals surface area contributed by atoms with E-state index in [4.69, 9.17) is 9.15 Å². The molecule has 7 heteroatoms. The number of rotatable bonds is 6. The fraction of sp³-hybridized carbons (Fsp3) is 0.389. The van der Waals surface area contributed by atoms with Gasteiger partial charge in [0.1, 0.15) is 5.76 Å². The van der Waals surface area contributed by atoms with E-state index in [1.807, 2.05) is 23.9 Å². The number of hydrogen-bond acceptors (Lipinski definition) is 5. The summed E-state index contributed by atoms with van der Waals surface area (Å²) in [6.07, 6.45) is 1.64. The summed E-state index contributed by atoms with van der Waals surface area (Å²) in [4.78, 5) is 14.7. The monoisotopic (exact) mass is 364 g/mol. The lowest BCUT2D eigenvalue weighted by atomic mass is 10.1. The van der Waals surface area contributed by atoms with Crippen LogP contribution in [0.3, 0.4) is 0 Å². The van der Waals surface area contributed by atoms with E-state index in [2.05, 4.69) is 10.2 Å². The predicted octanol–water partition coefficient (Wildman–Crippen LogP) is 2.95. The number of hydrogen-bond donors (Lipinski definition) is 1. The van der Waals surface area contributed by atoms with Crippen molar-refractivity contribution in [1.29, 1.82) is 0 Å². The van der Waals surface area contributed by atoms with Gasteiger partial charge in [-0.3, -0.25) is 9.69 Å². The predicted molar refractivity (Wildman–Crippen MR) is 95.6 cm³/mol. The van der Waals surface area contributed by atoms with Crippen molar-refractivity contribution in [1.82, 2.24) is 10.2 Å². The Kier molecular flexibility index (Phi) is 5.99. The summed E-state index contributed by atoms with van der Waals surface area (Å²) in [5.41, 5.74) is 0.269. The Morgan fingerprint density at radius 1 is 1.40 bits per heavy atom. The van der Waals surface area contributed by atoms with E-state index in [-0.39, 0.29) is 23.3 Å². The van der Waals surface area contributed by atoms with Crippen LogP contribution < -0.4 is 10.1 Å². The standard InChI is InChI=1S/C18H21FN2O3S/c1-23-16-5-4-13(11-14(16)19)18(22)20-12-15(17-3-2-8-24-17)21-6-9-25-10-7-21/h2-5,8,11,15H,6-7,9-10,12H2,1H3,(H,20,22)/t15-/m1/s1. The lowest BCUT2D eigenvalue weighted by Crippen LogP contribution is -2.41. The minimum Gasteiger partial charge on any atom is -0.494 e. The highest BCUT2D eigenvalue weighted by molar-refractivity contribution is 7.99. The van der Waals surface area contributed by atoms with E-state index in [1.54, 1.807) is 12.3 Å². The van der Waals surface area contributed by atoms with E-state index in [1.165, 1.54) is 19.2 Å². The van der Waals surface area contributed by atoms with Gasteiger partial charge in [0.15, 0.2) is 11.6 Å². The van der Waals surface area contributed by atoms with Gasteiger partial charge < -0.3 is 14.5 Å². The number of amides is 1. The van der Waals surface area contributed by atoms with Gasteiger partial charge in [0, 0.05) is 36.7 Å². The van der Waals surface area contributed by atoms with E-state index < -0.39 is 5.82 Å². The van der Waals surface area contributed by atoms with Crippen LogP contribution >= 0.6 is 11.8 Å². The maximum Gasteiger partial charge on any atom is 0.251 e. The van der Waals surface area contributed by atoms with Crippen LogP contribution in [0.4, 0.5) is 4.39 Å². The summed E-state index contributed by atoms with van der Waals surface area (Å²) < 4.78 is 24.2. The van der Waals surface area contributed by atoms with Crippen LogP contribution in [0.25, 0.3) is 0 Å². The first kappa shape index (κ1) is 17.8. The van der Waals surface area contributed by atoms with Gasteiger partial charge in [-0.25, -0.2) is 4.39 Å². The van der Waals surface area contributed by atoms with Gasteiger partial charge in [0.2, 0.25) is 0 Å². The number of benzene rings is 1. The summed E-state index contributed by atoms with van der Waals surface area (Å²) in [7, 11) is 1.39. The van der Waals surface area contributed by atoms with Crippen molar-refractivity contribution in [3.63, 3.8) is 0 Å². The molecule has 1 fully saturated rings. The third kappa shape index (κ3) is 4.35. The Morgan fingerprint density at radius 2 is 2.20 bits per heavy atom. The molecule has 1 N–H and O–H groups in total. The number of nitrogens with one attached hydrogen (secondary N) is 1. The van der Waals surface area contributed by atoms with Crippen LogP contribution in [0.15, 0.2) is 41.0 Å². The smallest absolute Gasteiger partial charge is 0.251 e. The van der Waals surface area contributed by atoms with Crippen molar-refractivity contribution < 1.29 is 18.3 Å². The minimum atomic E-state index is -0.550. The molecule has 2 heterocycles. The quantitative estimate of drug-likeness (QED) is 0.854. The summed E-state index contributed by atoms with van der Waals surface area (Å²) in [5.74, 6) is 2.21. The Bertz CT molecular complexity index is 702. The maximum absolute atomic E-state index is 13.8. The van der Waals surface area contributed by atoms with Gasteiger partial charge in [-0.05, 0) is 30.3 Å². The maximum atomic E-state index is 13.8. The van der Waals surface area contributed by atoms with E-state index >= 15 is 0 Å². The summed E-state index contributed by atoms with van der Waals surface area (Å²) in [6, 6.07) is 7.94. The van der Waals surface area contributed by atoms with Gasteiger partial charge in [0.05, 0.1) is 19.4 Å². The average Bonchev–Trinajstić information content (AvgIpc) is 3.17. The molecular formula is C18H21FN2O3S. The van der Waals surface area contributed by atoms with Gasteiger partial charge >= 0.3 is 0 Å². The van der Waals surface area contributed by atoms with Crippen molar-refractivity contribution >= 4 is 17.7 Å². The Hall–Kier alpha value is -1.99. The van der Waals surface area contributed by atoms with Crippen molar-refractivity contribution in [2.45, 2.75) is 6.04 Å². The van der Waals surface area contributed by atoms with Gasteiger partial charge in [-0.2, -0.15) is 11.8 Å². The zero-order valence-electron chi connectivity index (χ0n) is 14.0. The largest absolute Gasteiger partial charge is 0.494 e. The van der Waals surface area contributed by atoms with Crippen LogP contribution in [0.5, 0.6) is 5.75 Å². The van der Waals surface area contributed by atoms with Crippen LogP contribution in [0.1, 0.15) is 22.2 Å². The molecule has 5 nitrogen and oxygen atoms in total. The first-order valence-corrected chi connectivity index (χ1v) is 9.31. The first-order valence-electron chi connectivity index (χ1n) is 8.16. The van der Waals surface area contributed by atoms with Crippen molar-refractivity contribution in [2.75, 3.05) is 38.2 Å². The molecule has 0 unspecified atom stereocenters. The number of ether oxygens (including phenoxy) is 1. The summed E-state index contributed by atoms with van der Waals surface area (Å²) in [5, 5.41) is 2.89. The van der Waals surface area contributed by atoms with E-state index in [0.29, 0.717) is 6.54 Å². The number of halogens is 1. The van der Waals surface area contributed by atoms with Crippen molar-refractivity contribution in [3.05, 3.63) is 53.7 Å². The van der Waals surface area contributed by atoms with Gasteiger partial charge in [-0.15, -0.1) is 0 Å². The number of methoxy groups -OCH3 is 1. The number of furan rings is 1. The lowest BCUT2D eigenvalue weighted by Gasteiger charge is -2.33. The number of nitrogens with zero attached hydrogens (tertiary/aromatic N) is 1. The molecule has 0 bridgehead atoms. The summed E-state index contributed by atoms with van der Waals surface area (Å²) in [6.45, 7) is 2.30. The molecule has 0 aliphatic carbocycles. The molecular weight excluding hydrogens is 343 g/mol. The molecule has 1 aliphatic rings. The number of carbonyl (C=O) groups excluding carboxylic acids is 1. The van der Waals surface area contributed by atoms with Crippen LogP contribution in [0, 0.1) is 5.82 Å². The second-order valence-corrected chi connectivity index (χ2v) is 6.96. The zero-order chi connectivity index (χ0) is 17.6. The first-order chi connectivity index (χ1) is 12.2. The SMILES string of the molecule is COc1ccc(C(=O)NC[C@H](c2ccco2)N2CCSCC2)cc1F.